The number of alkyl carbamates (subject to hydrolysis) is 1. The highest BCUT2D eigenvalue weighted by molar-refractivity contribution is 8.00. The minimum Gasteiger partial charge on any atom is -0.464 e. The number of amides is 2. The number of esters is 1. The Labute approximate surface area is 256 Å². The average Bonchev–Trinajstić information content (AvgIpc) is 3.53. The van der Waals surface area contributed by atoms with Crippen LogP contribution in [0, 0.1) is 23.2 Å². The first-order chi connectivity index (χ1) is 19.8. The van der Waals surface area contributed by atoms with Gasteiger partial charge in [0.25, 0.3) is 5.91 Å². The van der Waals surface area contributed by atoms with Crippen molar-refractivity contribution in [3.8, 4) is 0 Å². The summed E-state index contributed by atoms with van der Waals surface area (Å²) in [4.78, 5) is 42.6. The van der Waals surface area contributed by atoms with Gasteiger partial charge < -0.3 is 25.0 Å². The molecule has 2 amide bonds. The number of nitrogens with zero attached hydrogens (tertiary/aromatic N) is 2. The molecule has 3 N–H and O–H groups in total. The number of ether oxygens (including phenoxy) is 2. The smallest absolute Gasteiger partial charge is 0.408 e. The van der Waals surface area contributed by atoms with E-state index in [0.29, 0.717) is 62.3 Å². The topological polar surface area (TPSA) is 112 Å². The Morgan fingerprint density at radius 2 is 1.95 bits per heavy atom. The molecule has 0 radical (unpaired) electrons. The number of hydrogen-bond acceptors (Lipinski definition) is 9. The molecular formula is C31H53N5O5S. The molecule has 238 valence electrons. The lowest BCUT2D eigenvalue weighted by Gasteiger charge is -2.40. The molecule has 8 atom stereocenters. The largest absolute Gasteiger partial charge is 0.464 e. The third-order valence-corrected chi connectivity index (χ3v) is 11.2. The number of cyclic esters (lactones) is 1. The van der Waals surface area contributed by atoms with E-state index in [-0.39, 0.29) is 22.7 Å². The Hall–Kier alpha value is -1.56. The van der Waals surface area contributed by atoms with Crippen LogP contribution < -0.4 is 16.1 Å². The Balaban J connectivity index is 1.38. The van der Waals surface area contributed by atoms with Crippen molar-refractivity contribution in [1.29, 1.82) is 0 Å². The average molecular weight is 608 g/mol. The number of fused-ring (bicyclic) bond motifs is 6. The quantitative estimate of drug-likeness (QED) is 0.406. The molecule has 6 bridgehead atoms. The third-order valence-electron chi connectivity index (χ3n) is 9.89. The molecule has 1 saturated carbocycles. The highest BCUT2D eigenvalue weighted by atomic mass is 32.2. The molecule has 6 unspecified atom stereocenters. The molecule has 10 nitrogen and oxygen atoms in total. The molecule has 5 fully saturated rings. The van der Waals surface area contributed by atoms with Crippen molar-refractivity contribution < 1.29 is 23.9 Å². The van der Waals surface area contributed by atoms with Gasteiger partial charge in [-0.3, -0.25) is 14.6 Å². The molecule has 0 spiro atoms. The number of hydrogen-bond donors (Lipinski definition) is 3. The first kappa shape index (κ1) is 31.9. The zero-order valence-corrected chi connectivity index (χ0v) is 27.3. The Bertz CT molecular complexity index is 1000. The van der Waals surface area contributed by atoms with Crippen LogP contribution in [-0.2, 0) is 19.1 Å². The van der Waals surface area contributed by atoms with Crippen LogP contribution in [0.3, 0.4) is 0 Å². The summed E-state index contributed by atoms with van der Waals surface area (Å²) in [6.45, 7) is 15.2. The fourth-order valence-electron chi connectivity index (χ4n) is 7.99. The number of carbonyl (C=O) groups is 3. The molecule has 4 aliphatic heterocycles. The van der Waals surface area contributed by atoms with Gasteiger partial charge in [-0.1, -0.05) is 20.8 Å². The van der Waals surface area contributed by atoms with E-state index >= 15 is 0 Å². The van der Waals surface area contributed by atoms with Gasteiger partial charge in [-0.2, -0.15) is 0 Å². The third kappa shape index (κ3) is 7.56. The van der Waals surface area contributed by atoms with Crippen molar-refractivity contribution in [3.63, 3.8) is 0 Å². The second-order valence-electron chi connectivity index (χ2n) is 15.0. The van der Waals surface area contributed by atoms with E-state index < -0.39 is 23.8 Å². The van der Waals surface area contributed by atoms with Crippen molar-refractivity contribution in [2.24, 2.45) is 23.2 Å². The molecular weight excluding hydrogens is 554 g/mol. The number of hydrazine groups is 1. The van der Waals surface area contributed by atoms with Crippen molar-refractivity contribution >= 4 is 29.7 Å². The van der Waals surface area contributed by atoms with E-state index in [2.05, 4.69) is 41.7 Å². The van der Waals surface area contributed by atoms with Crippen LogP contribution in [-0.4, -0.2) is 95.0 Å². The number of carbonyl (C=O) groups excluding carboxylic acids is 3. The Kier molecular flexibility index (Phi) is 9.72. The van der Waals surface area contributed by atoms with E-state index in [9.17, 15) is 14.4 Å². The van der Waals surface area contributed by atoms with Crippen LogP contribution in [0.1, 0.15) is 86.5 Å². The van der Waals surface area contributed by atoms with Crippen LogP contribution in [0.15, 0.2) is 0 Å². The van der Waals surface area contributed by atoms with Gasteiger partial charge in [0.2, 0.25) is 0 Å². The molecule has 4 heterocycles. The zero-order valence-electron chi connectivity index (χ0n) is 26.4. The molecule has 11 heteroatoms. The van der Waals surface area contributed by atoms with Crippen LogP contribution in [0.4, 0.5) is 4.79 Å². The normalized spacial score (nSPS) is 37.9. The van der Waals surface area contributed by atoms with Gasteiger partial charge in [-0.15, -0.1) is 11.8 Å². The molecule has 0 aromatic carbocycles. The monoisotopic (exact) mass is 607 g/mol. The molecule has 0 aromatic rings. The van der Waals surface area contributed by atoms with Crippen molar-refractivity contribution in [1.82, 2.24) is 26.0 Å². The minimum absolute atomic E-state index is 0.0477. The van der Waals surface area contributed by atoms with Crippen LogP contribution in [0.5, 0.6) is 0 Å². The molecule has 0 aromatic heterocycles. The van der Waals surface area contributed by atoms with Crippen LogP contribution in [0.25, 0.3) is 0 Å². The Morgan fingerprint density at radius 3 is 2.69 bits per heavy atom. The highest BCUT2D eigenvalue weighted by Crippen LogP contribution is 2.47. The molecule has 5 rings (SSSR count). The van der Waals surface area contributed by atoms with Crippen molar-refractivity contribution in [2.45, 2.75) is 122 Å². The summed E-state index contributed by atoms with van der Waals surface area (Å²) in [6.07, 6.45) is 5.83. The van der Waals surface area contributed by atoms with Crippen molar-refractivity contribution in [2.75, 3.05) is 32.0 Å². The van der Waals surface area contributed by atoms with Crippen molar-refractivity contribution in [3.05, 3.63) is 0 Å². The van der Waals surface area contributed by atoms with Gasteiger partial charge in [0.15, 0.2) is 0 Å². The summed E-state index contributed by atoms with van der Waals surface area (Å²) in [6, 6.07) is -0.326. The van der Waals surface area contributed by atoms with Gasteiger partial charge in [0.1, 0.15) is 17.7 Å². The summed E-state index contributed by atoms with van der Waals surface area (Å²) in [5.41, 5.74) is 2.33. The number of rotatable bonds is 2. The van der Waals surface area contributed by atoms with Crippen LogP contribution >= 0.6 is 11.8 Å². The minimum atomic E-state index is -0.781. The molecule has 5 aliphatic rings. The summed E-state index contributed by atoms with van der Waals surface area (Å²) in [5, 5.41) is 8.28. The maximum absolute atomic E-state index is 13.8. The summed E-state index contributed by atoms with van der Waals surface area (Å²) in [7, 11) is 0. The molecule has 42 heavy (non-hydrogen) atoms. The van der Waals surface area contributed by atoms with Gasteiger partial charge >= 0.3 is 12.1 Å². The van der Waals surface area contributed by atoms with E-state index in [1.165, 1.54) is 24.3 Å². The second kappa shape index (κ2) is 12.8. The first-order valence-corrected chi connectivity index (χ1v) is 17.2. The summed E-state index contributed by atoms with van der Waals surface area (Å²) < 4.78 is 11.4. The Morgan fingerprint density at radius 1 is 1.17 bits per heavy atom. The van der Waals surface area contributed by atoms with Gasteiger partial charge in [-0.05, 0) is 89.0 Å². The van der Waals surface area contributed by atoms with Gasteiger partial charge in [0, 0.05) is 37.3 Å². The predicted molar refractivity (Wildman–Crippen MR) is 164 cm³/mol. The van der Waals surface area contributed by atoms with Gasteiger partial charge in [-0.25, -0.2) is 10.2 Å². The zero-order chi connectivity index (χ0) is 30.2. The van der Waals surface area contributed by atoms with Gasteiger partial charge in [0.05, 0.1) is 12.0 Å². The lowest BCUT2D eigenvalue weighted by atomic mass is 9.69. The van der Waals surface area contributed by atoms with E-state index in [0.717, 1.165) is 25.3 Å². The molecule has 1 aliphatic carbocycles. The van der Waals surface area contributed by atoms with E-state index in [4.69, 9.17) is 9.47 Å². The maximum Gasteiger partial charge on any atom is 0.408 e. The fourth-order valence-corrected chi connectivity index (χ4v) is 9.40. The number of thioether (sulfide) groups is 1. The summed E-state index contributed by atoms with van der Waals surface area (Å²) >= 11 is 1.85. The second-order valence-corrected chi connectivity index (χ2v) is 16.2. The predicted octanol–water partition coefficient (Wildman–Crippen LogP) is 3.51. The standard InChI is InChI=1S/C31H53N5O5S/c1-7-35-16-20-15-31(5,6)18-40-28(38)22-9-8-12-36(34-22)27(37)23(33-29(39)41-30(2,3)4)14-26-32-24(17-42-26)19-10-11-25(35)21(20)13-19/h19-26,32,34H,7-18H2,1-6H3,(H,33,39)/t19?,20?,21?,22-,23-,24?,25?,26?/m0/s1. The lowest BCUT2D eigenvalue weighted by Crippen LogP contribution is -2.61. The maximum atomic E-state index is 13.8. The first-order valence-electron chi connectivity index (χ1n) is 16.2. The number of likely N-dealkylation sites (tertiary alicyclic amines) is 1. The summed E-state index contributed by atoms with van der Waals surface area (Å²) in [5.74, 6) is 2.30. The highest BCUT2D eigenvalue weighted by Gasteiger charge is 2.48. The van der Waals surface area contributed by atoms with E-state index in [1.807, 2.05) is 32.5 Å². The van der Waals surface area contributed by atoms with E-state index in [1.54, 1.807) is 0 Å². The molecule has 4 saturated heterocycles. The lowest BCUT2D eigenvalue weighted by molar-refractivity contribution is -0.155. The number of nitrogens with one attached hydrogen (secondary N) is 3. The SMILES string of the molecule is CCN1CC2CC(C)(C)COC(=O)[C@@H]3CCCN(N3)C(=O)[C@@H](NC(=O)OC(C)(C)C)CC3NC(CS3)C3CCC1C2C3. The fraction of sp³-hybridized carbons (Fsp3) is 0.903. The van der Waals surface area contributed by atoms with Crippen LogP contribution in [0.2, 0.25) is 0 Å².